The van der Waals surface area contributed by atoms with Crippen LogP contribution in [0.4, 0.5) is 0 Å². The zero-order chi connectivity index (χ0) is 29.4. The maximum Gasteiger partial charge on any atom is 0.146 e. The second-order valence-corrected chi connectivity index (χ2v) is 12.5. The lowest BCUT2D eigenvalue weighted by molar-refractivity contribution is 0.660. The van der Waals surface area contributed by atoms with Crippen LogP contribution in [0.2, 0.25) is 0 Å². The molecule has 8 aromatic rings. The Morgan fingerprint density at radius 2 is 1.07 bits per heavy atom. The molecule has 2 heterocycles. The van der Waals surface area contributed by atoms with Crippen LogP contribution in [-0.2, 0) is 5.41 Å². The minimum atomic E-state index is -0.0171. The van der Waals surface area contributed by atoms with E-state index in [2.05, 4.69) is 164 Å². The molecule has 0 saturated heterocycles. The Kier molecular flexibility index (Phi) is 5.28. The smallest absolute Gasteiger partial charge is 0.146 e. The van der Waals surface area contributed by atoms with Gasteiger partial charge in [-0.05, 0) is 97.9 Å². The maximum absolute atomic E-state index is 5.12. The van der Waals surface area contributed by atoms with E-state index in [1.54, 1.807) is 0 Å². The molecule has 208 valence electrons. The highest BCUT2D eigenvalue weighted by Gasteiger charge is 2.35. The molecule has 6 aromatic carbocycles. The number of pyridine rings is 1. The number of rotatable bonds is 3. The van der Waals surface area contributed by atoms with Crippen LogP contribution in [0.15, 0.2) is 146 Å². The fraction of sp³-hybridized carbons (Fsp3) is 0.0714. The van der Waals surface area contributed by atoms with Crippen molar-refractivity contribution < 1.29 is 0 Å². The zero-order valence-electron chi connectivity index (χ0n) is 24.8. The molecule has 0 aliphatic heterocycles. The van der Waals surface area contributed by atoms with Crippen molar-refractivity contribution in [2.24, 2.45) is 0 Å². The van der Waals surface area contributed by atoms with E-state index in [0.717, 1.165) is 27.8 Å². The molecule has 0 radical (unpaired) electrons. The highest BCUT2D eigenvalue weighted by Crippen LogP contribution is 2.49. The van der Waals surface area contributed by atoms with Crippen LogP contribution in [0.3, 0.4) is 0 Å². The second kappa shape index (κ2) is 9.26. The summed E-state index contributed by atoms with van der Waals surface area (Å²) >= 11 is 0. The summed E-state index contributed by atoms with van der Waals surface area (Å²) in [5, 5.41) is 1.20. The Morgan fingerprint density at radius 1 is 0.455 bits per heavy atom. The molecule has 1 aliphatic carbocycles. The van der Waals surface area contributed by atoms with Gasteiger partial charge in [-0.15, -0.1) is 0 Å². The van der Waals surface area contributed by atoms with Crippen LogP contribution in [0.25, 0.3) is 72.1 Å². The molecule has 0 amide bonds. The molecule has 0 unspecified atom stereocenters. The van der Waals surface area contributed by atoms with E-state index in [-0.39, 0.29) is 5.41 Å². The van der Waals surface area contributed by atoms with Crippen molar-refractivity contribution >= 4 is 27.6 Å². The molecule has 2 aromatic heterocycles. The summed E-state index contributed by atoms with van der Waals surface area (Å²) < 4.78 is 2.31. The van der Waals surface area contributed by atoms with Gasteiger partial charge in [-0.1, -0.05) is 117 Å². The lowest BCUT2D eigenvalue weighted by atomic mass is 9.81. The average Bonchev–Trinajstić information content (AvgIpc) is 3.58. The fourth-order valence-corrected chi connectivity index (χ4v) is 7.32. The van der Waals surface area contributed by atoms with Crippen molar-refractivity contribution in [2.75, 3.05) is 0 Å². The molecular formula is C42H30N2. The molecule has 2 nitrogen and oxygen atoms in total. The summed E-state index contributed by atoms with van der Waals surface area (Å²) in [4.78, 5) is 5.12. The van der Waals surface area contributed by atoms with Crippen LogP contribution in [0.5, 0.6) is 0 Å². The fourth-order valence-electron chi connectivity index (χ4n) is 7.32. The van der Waals surface area contributed by atoms with Crippen LogP contribution >= 0.6 is 0 Å². The van der Waals surface area contributed by atoms with Crippen molar-refractivity contribution in [3.63, 3.8) is 0 Å². The number of benzene rings is 6. The van der Waals surface area contributed by atoms with Crippen LogP contribution < -0.4 is 0 Å². The highest BCUT2D eigenvalue weighted by molar-refractivity contribution is 5.98. The number of para-hydroxylation sites is 3. The first-order valence-electron chi connectivity index (χ1n) is 15.3. The Labute approximate surface area is 256 Å². The largest absolute Gasteiger partial charge is 0.292 e. The lowest BCUT2D eigenvalue weighted by Gasteiger charge is -2.22. The van der Waals surface area contributed by atoms with Crippen LogP contribution in [-0.4, -0.2) is 9.38 Å². The standard InChI is InChI=1S/C42H30N2/c1-42(2)36-17-5-4-16-33(36)34-22-21-30(26-37(34)42)28-13-9-12-27(23-28)29-14-10-15-31(24-29)35-25-32-11-3-7-19-39(32)44-40-20-8-6-18-38(40)43-41(35)44/h3-26H,1-2H3. The van der Waals surface area contributed by atoms with E-state index < -0.39 is 0 Å². The summed E-state index contributed by atoms with van der Waals surface area (Å²) in [6.07, 6.45) is 0. The Morgan fingerprint density at radius 3 is 1.89 bits per heavy atom. The van der Waals surface area contributed by atoms with E-state index in [1.807, 2.05) is 0 Å². The first-order valence-corrected chi connectivity index (χ1v) is 15.3. The lowest BCUT2D eigenvalue weighted by Crippen LogP contribution is -2.14. The van der Waals surface area contributed by atoms with Gasteiger partial charge in [0.05, 0.1) is 16.6 Å². The summed E-state index contributed by atoms with van der Waals surface area (Å²) in [6, 6.07) is 53.0. The molecular weight excluding hydrogens is 532 g/mol. The maximum atomic E-state index is 5.12. The van der Waals surface area contributed by atoms with Gasteiger partial charge >= 0.3 is 0 Å². The van der Waals surface area contributed by atoms with Gasteiger partial charge in [0.25, 0.3) is 0 Å². The first-order chi connectivity index (χ1) is 21.6. The molecule has 0 atom stereocenters. The third kappa shape index (κ3) is 3.64. The number of hydrogen-bond acceptors (Lipinski definition) is 1. The normalized spacial score (nSPS) is 13.4. The first kappa shape index (κ1) is 25.1. The highest BCUT2D eigenvalue weighted by atomic mass is 15.0. The van der Waals surface area contributed by atoms with Gasteiger partial charge in [-0.25, -0.2) is 4.98 Å². The van der Waals surface area contributed by atoms with Crippen LogP contribution in [0, 0.1) is 0 Å². The van der Waals surface area contributed by atoms with Gasteiger partial charge in [0, 0.05) is 11.0 Å². The average molecular weight is 563 g/mol. The predicted molar refractivity (Wildman–Crippen MR) is 184 cm³/mol. The molecule has 1 aliphatic rings. The van der Waals surface area contributed by atoms with Crippen molar-refractivity contribution in [1.82, 2.24) is 9.38 Å². The van der Waals surface area contributed by atoms with Crippen molar-refractivity contribution in [3.05, 3.63) is 157 Å². The Hall–Kier alpha value is -5.47. The number of aromatic nitrogens is 2. The molecule has 9 rings (SSSR count). The van der Waals surface area contributed by atoms with Gasteiger partial charge in [0.2, 0.25) is 0 Å². The summed E-state index contributed by atoms with van der Waals surface area (Å²) in [7, 11) is 0. The van der Waals surface area contributed by atoms with E-state index in [4.69, 9.17) is 4.98 Å². The minimum absolute atomic E-state index is 0.0171. The summed E-state index contributed by atoms with van der Waals surface area (Å²) in [5.41, 5.74) is 17.0. The van der Waals surface area contributed by atoms with E-state index >= 15 is 0 Å². The monoisotopic (exact) mass is 562 g/mol. The zero-order valence-corrected chi connectivity index (χ0v) is 24.8. The molecule has 2 heteroatoms. The van der Waals surface area contributed by atoms with Gasteiger partial charge in [-0.3, -0.25) is 4.40 Å². The van der Waals surface area contributed by atoms with Crippen LogP contribution in [0.1, 0.15) is 25.0 Å². The molecule has 0 N–H and O–H groups in total. The molecule has 0 saturated carbocycles. The number of fused-ring (bicyclic) bond motifs is 8. The van der Waals surface area contributed by atoms with Crippen molar-refractivity contribution in [2.45, 2.75) is 19.3 Å². The number of imidazole rings is 1. The molecule has 0 fully saturated rings. The van der Waals surface area contributed by atoms with Gasteiger partial charge in [-0.2, -0.15) is 0 Å². The van der Waals surface area contributed by atoms with E-state index in [1.165, 1.54) is 55.4 Å². The Balaban J connectivity index is 1.16. The van der Waals surface area contributed by atoms with Gasteiger partial charge in [0.1, 0.15) is 5.65 Å². The quantitative estimate of drug-likeness (QED) is 0.209. The van der Waals surface area contributed by atoms with Crippen molar-refractivity contribution in [3.8, 4) is 44.5 Å². The van der Waals surface area contributed by atoms with Gasteiger partial charge < -0.3 is 0 Å². The summed E-state index contributed by atoms with van der Waals surface area (Å²) in [6.45, 7) is 4.69. The SMILES string of the molecule is CC1(C)c2ccccc2-c2ccc(-c3cccc(-c4cccc(-c5cc6ccccc6n6c5nc5ccccc56)c4)c3)cc21. The Bertz CT molecular complexity index is 2420. The summed E-state index contributed by atoms with van der Waals surface area (Å²) in [5.74, 6) is 0. The van der Waals surface area contributed by atoms with Crippen molar-refractivity contribution in [1.29, 1.82) is 0 Å². The molecule has 0 bridgehead atoms. The number of hydrogen-bond donors (Lipinski definition) is 0. The minimum Gasteiger partial charge on any atom is -0.292 e. The predicted octanol–water partition coefficient (Wildman–Crippen LogP) is 10.9. The molecule has 44 heavy (non-hydrogen) atoms. The van der Waals surface area contributed by atoms with E-state index in [9.17, 15) is 0 Å². The second-order valence-electron chi connectivity index (χ2n) is 12.5. The third-order valence-corrected chi connectivity index (χ3v) is 9.57. The molecule has 0 spiro atoms. The number of nitrogens with zero attached hydrogens (tertiary/aromatic N) is 2. The third-order valence-electron chi connectivity index (χ3n) is 9.57. The topological polar surface area (TPSA) is 17.3 Å². The van der Waals surface area contributed by atoms with E-state index in [0.29, 0.717) is 0 Å². The van der Waals surface area contributed by atoms with Gasteiger partial charge in [0.15, 0.2) is 0 Å².